The van der Waals surface area contributed by atoms with E-state index in [9.17, 15) is 9.90 Å². The lowest BCUT2D eigenvalue weighted by Gasteiger charge is -2.30. The van der Waals surface area contributed by atoms with Crippen LogP contribution in [0.15, 0.2) is 6.07 Å². The molecular weight excluding hydrogens is 230 g/mol. The van der Waals surface area contributed by atoms with Crippen LogP contribution in [0.3, 0.4) is 0 Å². The number of aliphatic hydroxyl groups excluding tert-OH is 1. The van der Waals surface area contributed by atoms with Crippen LogP contribution in [0.5, 0.6) is 0 Å². The van der Waals surface area contributed by atoms with Crippen molar-refractivity contribution < 1.29 is 9.90 Å². The zero-order valence-corrected chi connectivity index (χ0v) is 10.9. The largest absolute Gasteiger partial charge is 0.391 e. The molecule has 5 heteroatoms. The third kappa shape index (κ3) is 2.67. The Hall–Kier alpha value is -1.49. The summed E-state index contributed by atoms with van der Waals surface area (Å²) in [7, 11) is 0. The van der Waals surface area contributed by atoms with Gasteiger partial charge in [0.2, 0.25) is 0 Å². The van der Waals surface area contributed by atoms with Crippen molar-refractivity contribution in [3.05, 3.63) is 23.0 Å². The molecule has 1 aromatic heterocycles. The van der Waals surface area contributed by atoms with E-state index in [0.717, 1.165) is 24.2 Å². The lowest BCUT2D eigenvalue weighted by molar-refractivity contribution is 0.0472. The second-order valence-corrected chi connectivity index (χ2v) is 4.75. The van der Waals surface area contributed by atoms with Crippen LogP contribution in [-0.2, 0) is 6.42 Å². The van der Waals surface area contributed by atoms with Crippen molar-refractivity contribution >= 4 is 5.91 Å². The number of hydrogen-bond acceptors (Lipinski definition) is 4. The van der Waals surface area contributed by atoms with E-state index in [4.69, 9.17) is 0 Å². The first-order valence-corrected chi connectivity index (χ1v) is 6.42. The summed E-state index contributed by atoms with van der Waals surface area (Å²) < 4.78 is 0. The lowest BCUT2D eigenvalue weighted by Crippen LogP contribution is -2.42. The number of aryl methyl sites for hydroxylation is 2. The molecule has 1 fully saturated rings. The maximum Gasteiger partial charge on any atom is 0.255 e. The molecule has 2 rings (SSSR count). The number of β-amino-alcohol motifs (C(OH)–C–C–N with tert-alkyl or cyclic N) is 1. The smallest absolute Gasteiger partial charge is 0.255 e. The van der Waals surface area contributed by atoms with Crippen molar-refractivity contribution in [1.29, 1.82) is 0 Å². The van der Waals surface area contributed by atoms with Crippen molar-refractivity contribution in [3.8, 4) is 0 Å². The minimum absolute atomic E-state index is 0.0383. The Morgan fingerprint density at radius 3 is 3.00 bits per heavy atom. The molecule has 0 spiro atoms. The Morgan fingerprint density at radius 1 is 1.56 bits per heavy atom. The van der Waals surface area contributed by atoms with Gasteiger partial charge in [0.15, 0.2) is 0 Å². The summed E-state index contributed by atoms with van der Waals surface area (Å²) in [6.07, 6.45) is 1.91. The number of carbonyl (C=O) groups excluding carboxylic acids is 1. The van der Waals surface area contributed by atoms with Crippen molar-refractivity contribution in [3.63, 3.8) is 0 Å². The zero-order chi connectivity index (χ0) is 13.1. The number of nitrogens with zero attached hydrogens (tertiary/aromatic N) is 3. The molecule has 0 saturated carbocycles. The summed E-state index contributed by atoms with van der Waals surface area (Å²) in [6.45, 7) is 4.92. The molecule has 1 saturated heterocycles. The van der Waals surface area contributed by atoms with Crippen LogP contribution in [0.4, 0.5) is 0 Å². The van der Waals surface area contributed by atoms with Crippen LogP contribution < -0.4 is 0 Å². The van der Waals surface area contributed by atoms with Crippen molar-refractivity contribution in [2.75, 3.05) is 13.1 Å². The van der Waals surface area contributed by atoms with E-state index in [2.05, 4.69) is 10.2 Å². The van der Waals surface area contributed by atoms with Gasteiger partial charge in [-0.25, -0.2) is 0 Å². The van der Waals surface area contributed by atoms with E-state index in [1.54, 1.807) is 11.0 Å². The molecule has 0 radical (unpaired) electrons. The summed E-state index contributed by atoms with van der Waals surface area (Å²) >= 11 is 0. The van der Waals surface area contributed by atoms with Crippen LogP contribution in [0.2, 0.25) is 0 Å². The number of piperidine rings is 1. The van der Waals surface area contributed by atoms with Gasteiger partial charge in [0.1, 0.15) is 0 Å². The molecule has 2 heterocycles. The highest BCUT2D eigenvalue weighted by Gasteiger charge is 2.25. The lowest BCUT2D eigenvalue weighted by atomic mass is 10.1. The van der Waals surface area contributed by atoms with Crippen molar-refractivity contribution in [1.82, 2.24) is 15.1 Å². The number of likely N-dealkylation sites (tertiary alicyclic amines) is 1. The van der Waals surface area contributed by atoms with Crippen LogP contribution in [-0.4, -0.2) is 45.3 Å². The third-order valence-corrected chi connectivity index (χ3v) is 3.24. The normalized spacial score (nSPS) is 19.9. The summed E-state index contributed by atoms with van der Waals surface area (Å²) in [5.41, 5.74) is 2.10. The SMILES string of the molecule is CCc1nnc(C)cc1C(=O)N1CCCC(O)C1. The fraction of sp³-hybridized carbons (Fsp3) is 0.615. The fourth-order valence-corrected chi connectivity index (χ4v) is 2.27. The average molecular weight is 249 g/mol. The molecule has 0 aromatic carbocycles. The van der Waals surface area contributed by atoms with Gasteiger partial charge in [0.05, 0.1) is 23.1 Å². The number of amides is 1. The number of aromatic nitrogens is 2. The minimum atomic E-state index is -0.399. The maximum absolute atomic E-state index is 12.4. The van der Waals surface area contributed by atoms with E-state index in [1.807, 2.05) is 13.8 Å². The Bertz CT molecular complexity index is 448. The van der Waals surface area contributed by atoms with Gasteiger partial charge < -0.3 is 10.0 Å². The predicted octanol–water partition coefficient (Wildman–Crippen LogP) is 0.944. The van der Waals surface area contributed by atoms with Gasteiger partial charge in [-0.15, -0.1) is 0 Å². The molecule has 98 valence electrons. The number of carbonyl (C=O) groups is 1. The first-order chi connectivity index (χ1) is 8.61. The molecule has 1 atom stereocenters. The molecular formula is C13H19N3O2. The van der Waals surface area contributed by atoms with Crippen LogP contribution in [0.25, 0.3) is 0 Å². The molecule has 0 bridgehead atoms. The van der Waals surface area contributed by atoms with E-state index in [1.165, 1.54) is 0 Å². The molecule has 1 amide bonds. The van der Waals surface area contributed by atoms with Gasteiger partial charge in [-0.1, -0.05) is 6.92 Å². The van der Waals surface area contributed by atoms with Crippen LogP contribution >= 0.6 is 0 Å². The average Bonchev–Trinajstić information content (AvgIpc) is 2.38. The summed E-state index contributed by atoms with van der Waals surface area (Å²) in [6, 6.07) is 1.79. The van der Waals surface area contributed by atoms with E-state index in [-0.39, 0.29) is 5.91 Å². The zero-order valence-electron chi connectivity index (χ0n) is 10.9. The maximum atomic E-state index is 12.4. The molecule has 18 heavy (non-hydrogen) atoms. The minimum Gasteiger partial charge on any atom is -0.391 e. The first kappa shape index (κ1) is 13.0. The van der Waals surface area contributed by atoms with Crippen molar-refractivity contribution in [2.45, 2.75) is 39.2 Å². The Balaban J connectivity index is 2.24. The van der Waals surface area contributed by atoms with Gasteiger partial charge in [-0.05, 0) is 32.3 Å². The van der Waals surface area contributed by atoms with Gasteiger partial charge in [0.25, 0.3) is 5.91 Å². The molecule has 1 aromatic rings. The highest BCUT2D eigenvalue weighted by molar-refractivity contribution is 5.95. The first-order valence-electron chi connectivity index (χ1n) is 6.42. The Morgan fingerprint density at radius 2 is 2.33 bits per heavy atom. The van der Waals surface area contributed by atoms with Crippen molar-refractivity contribution in [2.24, 2.45) is 0 Å². The van der Waals surface area contributed by atoms with Crippen LogP contribution in [0, 0.1) is 6.92 Å². The van der Waals surface area contributed by atoms with E-state index < -0.39 is 6.10 Å². The van der Waals surface area contributed by atoms with Crippen LogP contribution in [0.1, 0.15) is 41.5 Å². The highest BCUT2D eigenvalue weighted by Crippen LogP contribution is 2.16. The standard InChI is InChI=1S/C13H19N3O2/c1-3-12-11(7-9(2)14-15-12)13(18)16-6-4-5-10(17)8-16/h7,10,17H,3-6,8H2,1-2H3. The molecule has 1 unspecified atom stereocenters. The monoisotopic (exact) mass is 249 g/mol. The van der Waals surface area contributed by atoms with E-state index in [0.29, 0.717) is 25.1 Å². The highest BCUT2D eigenvalue weighted by atomic mass is 16.3. The van der Waals surface area contributed by atoms with Gasteiger partial charge in [-0.3, -0.25) is 4.79 Å². The molecule has 1 N–H and O–H groups in total. The topological polar surface area (TPSA) is 66.3 Å². The molecule has 1 aliphatic heterocycles. The Kier molecular flexibility index (Phi) is 3.91. The molecule has 1 aliphatic rings. The Labute approximate surface area is 107 Å². The molecule has 0 aliphatic carbocycles. The van der Waals surface area contributed by atoms with Gasteiger partial charge >= 0.3 is 0 Å². The van der Waals surface area contributed by atoms with E-state index >= 15 is 0 Å². The second kappa shape index (κ2) is 5.44. The van der Waals surface area contributed by atoms with Gasteiger partial charge in [0, 0.05) is 13.1 Å². The number of aliphatic hydroxyl groups is 1. The summed E-state index contributed by atoms with van der Waals surface area (Å²) in [4.78, 5) is 14.1. The van der Waals surface area contributed by atoms with Gasteiger partial charge in [-0.2, -0.15) is 10.2 Å². The summed E-state index contributed by atoms with van der Waals surface area (Å²) in [5, 5.41) is 17.7. The second-order valence-electron chi connectivity index (χ2n) is 4.75. The molecule has 5 nitrogen and oxygen atoms in total. The number of rotatable bonds is 2. The predicted molar refractivity (Wildman–Crippen MR) is 67.3 cm³/mol. The summed E-state index contributed by atoms with van der Waals surface area (Å²) in [5.74, 6) is -0.0383. The third-order valence-electron chi connectivity index (χ3n) is 3.24. The fourth-order valence-electron chi connectivity index (χ4n) is 2.27. The number of hydrogen-bond donors (Lipinski definition) is 1. The quantitative estimate of drug-likeness (QED) is 0.847.